The van der Waals surface area contributed by atoms with Crippen LogP contribution < -0.4 is 5.73 Å². The molecule has 2 N–H and O–H groups in total. The Morgan fingerprint density at radius 2 is 2.14 bits per heavy atom. The summed E-state index contributed by atoms with van der Waals surface area (Å²) in [7, 11) is 0. The Labute approximate surface area is 124 Å². The first-order valence-corrected chi connectivity index (χ1v) is 7.32. The van der Waals surface area contributed by atoms with Gasteiger partial charge in [0.2, 0.25) is 0 Å². The summed E-state index contributed by atoms with van der Waals surface area (Å²) in [5, 5.41) is 4.29. The molecule has 5 heteroatoms. The van der Waals surface area contributed by atoms with Crippen LogP contribution >= 0.6 is 0 Å². The molecule has 1 atom stereocenters. The minimum Gasteiger partial charge on any atom is -0.338 e. The second-order valence-corrected chi connectivity index (χ2v) is 5.55. The van der Waals surface area contributed by atoms with E-state index < -0.39 is 0 Å². The summed E-state index contributed by atoms with van der Waals surface area (Å²) in [6.07, 6.45) is 4.48. The average molecular weight is 284 g/mol. The lowest BCUT2D eigenvalue weighted by atomic mass is 10.1. The molecule has 0 bridgehead atoms. The second-order valence-electron chi connectivity index (χ2n) is 5.55. The molecule has 0 radical (unpaired) electrons. The molecule has 1 aliphatic heterocycles. The van der Waals surface area contributed by atoms with Crippen molar-refractivity contribution >= 4 is 5.91 Å². The number of carbonyl (C=O) groups is 1. The van der Waals surface area contributed by atoms with E-state index in [2.05, 4.69) is 17.2 Å². The number of amides is 1. The van der Waals surface area contributed by atoms with Crippen molar-refractivity contribution in [3.8, 4) is 0 Å². The van der Waals surface area contributed by atoms with Crippen molar-refractivity contribution in [1.82, 2.24) is 14.7 Å². The summed E-state index contributed by atoms with van der Waals surface area (Å²) in [5.74, 6) is 0.499. The van der Waals surface area contributed by atoms with Crippen molar-refractivity contribution in [1.29, 1.82) is 0 Å². The summed E-state index contributed by atoms with van der Waals surface area (Å²) in [6.45, 7) is 2.89. The van der Waals surface area contributed by atoms with Gasteiger partial charge in [0.25, 0.3) is 5.91 Å². The third-order valence-corrected chi connectivity index (χ3v) is 3.97. The van der Waals surface area contributed by atoms with Gasteiger partial charge in [-0.2, -0.15) is 5.10 Å². The third-order valence-electron chi connectivity index (χ3n) is 3.97. The van der Waals surface area contributed by atoms with Gasteiger partial charge in [-0.3, -0.25) is 9.48 Å². The molecule has 1 aliphatic rings. The molecule has 0 spiro atoms. The van der Waals surface area contributed by atoms with Crippen molar-refractivity contribution in [2.45, 2.75) is 13.0 Å². The highest BCUT2D eigenvalue weighted by molar-refractivity contribution is 5.93. The van der Waals surface area contributed by atoms with Crippen molar-refractivity contribution < 1.29 is 4.79 Å². The maximum absolute atomic E-state index is 12.4. The van der Waals surface area contributed by atoms with Gasteiger partial charge in [0, 0.05) is 19.3 Å². The number of rotatable bonds is 4. The zero-order valence-corrected chi connectivity index (χ0v) is 12.0. The van der Waals surface area contributed by atoms with Gasteiger partial charge in [-0.25, -0.2) is 0 Å². The van der Waals surface area contributed by atoms with Gasteiger partial charge in [-0.15, -0.1) is 0 Å². The summed E-state index contributed by atoms with van der Waals surface area (Å²) < 4.78 is 1.80. The van der Waals surface area contributed by atoms with E-state index in [0.717, 1.165) is 19.5 Å². The van der Waals surface area contributed by atoms with E-state index in [9.17, 15) is 4.79 Å². The van der Waals surface area contributed by atoms with Crippen molar-refractivity contribution in [3.63, 3.8) is 0 Å². The van der Waals surface area contributed by atoms with E-state index in [1.54, 1.807) is 10.9 Å². The number of hydrogen-bond donors (Lipinski definition) is 1. The molecule has 0 saturated carbocycles. The number of likely N-dealkylation sites (tertiary alicyclic amines) is 1. The van der Waals surface area contributed by atoms with Gasteiger partial charge >= 0.3 is 0 Å². The smallest absolute Gasteiger partial charge is 0.257 e. The van der Waals surface area contributed by atoms with Gasteiger partial charge in [0.1, 0.15) is 0 Å². The van der Waals surface area contributed by atoms with Crippen LogP contribution in [0, 0.1) is 5.92 Å². The fourth-order valence-electron chi connectivity index (χ4n) is 2.72. The lowest BCUT2D eigenvalue weighted by Gasteiger charge is -2.14. The van der Waals surface area contributed by atoms with Gasteiger partial charge in [0.05, 0.1) is 18.3 Å². The molecule has 110 valence electrons. The van der Waals surface area contributed by atoms with Gasteiger partial charge in [-0.1, -0.05) is 30.3 Å². The highest BCUT2D eigenvalue weighted by Crippen LogP contribution is 2.17. The summed E-state index contributed by atoms with van der Waals surface area (Å²) in [4.78, 5) is 14.3. The molecule has 1 aromatic heterocycles. The molecule has 1 fully saturated rings. The van der Waals surface area contributed by atoms with E-state index >= 15 is 0 Å². The number of hydrogen-bond acceptors (Lipinski definition) is 3. The van der Waals surface area contributed by atoms with Crippen LogP contribution in [-0.2, 0) is 6.54 Å². The Hall–Kier alpha value is -2.14. The SMILES string of the molecule is NCC1CCN(C(=O)c2cnn(Cc3ccccc3)c2)C1. The maximum Gasteiger partial charge on any atom is 0.257 e. The number of nitrogens with zero attached hydrogens (tertiary/aromatic N) is 3. The largest absolute Gasteiger partial charge is 0.338 e. The zero-order valence-electron chi connectivity index (χ0n) is 12.0. The molecule has 21 heavy (non-hydrogen) atoms. The quantitative estimate of drug-likeness (QED) is 0.922. The van der Waals surface area contributed by atoms with Crippen LogP contribution in [0.5, 0.6) is 0 Å². The molecule has 0 aliphatic carbocycles. The minimum atomic E-state index is 0.0604. The summed E-state index contributed by atoms with van der Waals surface area (Å²) >= 11 is 0. The molecule has 1 saturated heterocycles. The van der Waals surface area contributed by atoms with E-state index in [1.807, 2.05) is 29.3 Å². The average Bonchev–Trinajstić information content (AvgIpc) is 3.16. The van der Waals surface area contributed by atoms with Gasteiger partial charge in [-0.05, 0) is 24.4 Å². The fraction of sp³-hybridized carbons (Fsp3) is 0.375. The number of carbonyl (C=O) groups excluding carboxylic acids is 1. The Morgan fingerprint density at radius 1 is 1.33 bits per heavy atom. The van der Waals surface area contributed by atoms with Crippen molar-refractivity contribution in [3.05, 3.63) is 53.9 Å². The van der Waals surface area contributed by atoms with Crippen LogP contribution in [0.15, 0.2) is 42.7 Å². The van der Waals surface area contributed by atoms with E-state index in [0.29, 0.717) is 24.6 Å². The topological polar surface area (TPSA) is 64.2 Å². The predicted octanol–water partition coefficient (Wildman–Crippen LogP) is 1.35. The van der Waals surface area contributed by atoms with Crippen LogP contribution in [0.25, 0.3) is 0 Å². The van der Waals surface area contributed by atoms with Gasteiger partial charge < -0.3 is 10.6 Å². The van der Waals surface area contributed by atoms with Crippen LogP contribution in [0.4, 0.5) is 0 Å². The first-order valence-electron chi connectivity index (χ1n) is 7.32. The Bertz CT molecular complexity index is 608. The maximum atomic E-state index is 12.4. The molecule has 2 heterocycles. The van der Waals surface area contributed by atoms with Crippen LogP contribution in [0.1, 0.15) is 22.3 Å². The van der Waals surface area contributed by atoms with Crippen LogP contribution in [-0.4, -0.2) is 40.2 Å². The van der Waals surface area contributed by atoms with E-state index in [1.165, 1.54) is 5.56 Å². The van der Waals surface area contributed by atoms with Gasteiger partial charge in [0.15, 0.2) is 0 Å². The number of benzene rings is 1. The Kier molecular flexibility index (Phi) is 4.01. The number of nitrogens with two attached hydrogens (primary N) is 1. The third kappa shape index (κ3) is 3.13. The molecule has 2 aromatic rings. The summed E-state index contributed by atoms with van der Waals surface area (Å²) in [6, 6.07) is 10.1. The highest BCUT2D eigenvalue weighted by Gasteiger charge is 2.26. The van der Waals surface area contributed by atoms with E-state index in [4.69, 9.17) is 5.73 Å². The lowest BCUT2D eigenvalue weighted by molar-refractivity contribution is 0.0787. The molecule has 5 nitrogen and oxygen atoms in total. The highest BCUT2D eigenvalue weighted by atomic mass is 16.2. The standard InChI is InChI=1S/C16H20N4O/c17-8-14-6-7-19(10-14)16(21)15-9-18-20(12-15)11-13-4-2-1-3-5-13/h1-5,9,12,14H,6-8,10-11,17H2. The predicted molar refractivity (Wildman–Crippen MR) is 80.8 cm³/mol. The van der Waals surface area contributed by atoms with Crippen LogP contribution in [0.3, 0.4) is 0 Å². The molecule has 1 unspecified atom stereocenters. The zero-order chi connectivity index (χ0) is 14.7. The molecule has 1 amide bonds. The Balaban J connectivity index is 1.66. The summed E-state index contributed by atoms with van der Waals surface area (Å²) in [5.41, 5.74) is 7.50. The van der Waals surface area contributed by atoms with E-state index in [-0.39, 0.29) is 5.91 Å². The number of aromatic nitrogens is 2. The van der Waals surface area contributed by atoms with Crippen molar-refractivity contribution in [2.75, 3.05) is 19.6 Å². The van der Waals surface area contributed by atoms with Crippen LogP contribution in [0.2, 0.25) is 0 Å². The molecule has 3 rings (SSSR count). The lowest BCUT2D eigenvalue weighted by Crippen LogP contribution is -2.29. The normalized spacial score (nSPS) is 18.1. The Morgan fingerprint density at radius 3 is 2.86 bits per heavy atom. The molecular weight excluding hydrogens is 264 g/mol. The first kappa shape index (κ1) is 13.8. The second kappa shape index (κ2) is 6.10. The fourth-order valence-corrected chi connectivity index (χ4v) is 2.72. The monoisotopic (exact) mass is 284 g/mol. The first-order chi connectivity index (χ1) is 10.3. The van der Waals surface area contributed by atoms with Crippen molar-refractivity contribution in [2.24, 2.45) is 11.7 Å². The minimum absolute atomic E-state index is 0.0604. The molecular formula is C16H20N4O. The molecule has 1 aromatic carbocycles.